The van der Waals surface area contributed by atoms with Crippen LogP contribution in [0.2, 0.25) is 0 Å². The van der Waals surface area contributed by atoms with Crippen molar-refractivity contribution in [2.45, 2.75) is 6.43 Å². The Morgan fingerprint density at radius 2 is 1.94 bits per heavy atom. The number of halogens is 2. The van der Waals surface area contributed by atoms with Crippen molar-refractivity contribution in [2.24, 2.45) is 24.2 Å². The van der Waals surface area contributed by atoms with Gasteiger partial charge in [-0.15, -0.1) is 0 Å². The maximum absolute atomic E-state index is 12.1. The summed E-state index contributed by atoms with van der Waals surface area (Å²) in [6, 6.07) is 0. The maximum Gasteiger partial charge on any atom is 0.282 e. The van der Waals surface area contributed by atoms with Crippen molar-refractivity contribution >= 4 is 23.2 Å². The third-order valence-corrected chi connectivity index (χ3v) is 1.33. The molecule has 0 saturated carbocycles. The van der Waals surface area contributed by atoms with E-state index in [-0.39, 0.29) is 10.7 Å². The third-order valence-electron chi connectivity index (χ3n) is 1.33. The van der Waals surface area contributed by atoms with Crippen molar-refractivity contribution in [3.63, 3.8) is 0 Å². The molecule has 6 nitrogen and oxygen atoms in total. The van der Waals surface area contributed by atoms with Crippen LogP contribution in [0.3, 0.4) is 0 Å². The van der Waals surface area contributed by atoms with E-state index >= 15 is 0 Å². The number of aryl methyl sites for hydroxylation is 1. The Labute approximate surface area is 95.4 Å². The molecule has 1 heterocycles. The molecule has 0 aliphatic heterocycles. The summed E-state index contributed by atoms with van der Waals surface area (Å²) in [5.74, 6) is -0.890. The van der Waals surface area contributed by atoms with Crippen molar-refractivity contribution in [1.82, 2.24) is 9.78 Å². The van der Waals surface area contributed by atoms with Crippen LogP contribution in [-0.2, 0) is 7.05 Å². The number of nitrogens with zero attached hydrogens (tertiary/aromatic N) is 2. The molecule has 1 aromatic heterocycles. The van der Waals surface area contributed by atoms with Gasteiger partial charge in [-0.05, 0) is 12.2 Å². The number of primary amides is 1. The SMILES string of the molecule is Cn1cc(C(N)=O)c(C(F)F)n1.NC(N)=S. The number of hydrogen-bond acceptors (Lipinski definition) is 3. The van der Waals surface area contributed by atoms with Gasteiger partial charge in [-0.3, -0.25) is 9.48 Å². The van der Waals surface area contributed by atoms with E-state index in [1.54, 1.807) is 0 Å². The van der Waals surface area contributed by atoms with Gasteiger partial charge in [0.2, 0.25) is 0 Å². The number of rotatable bonds is 2. The van der Waals surface area contributed by atoms with Gasteiger partial charge < -0.3 is 17.2 Å². The highest BCUT2D eigenvalue weighted by Crippen LogP contribution is 2.20. The zero-order valence-corrected chi connectivity index (χ0v) is 9.17. The van der Waals surface area contributed by atoms with Crippen LogP contribution in [0.5, 0.6) is 0 Å². The van der Waals surface area contributed by atoms with Crippen LogP contribution in [-0.4, -0.2) is 20.8 Å². The van der Waals surface area contributed by atoms with Crippen molar-refractivity contribution in [3.05, 3.63) is 17.5 Å². The molecule has 0 spiro atoms. The maximum atomic E-state index is 12.1. The third kappa shape index (κ3) is 4.64. The van der Waals surface area contributed by atoms with Gasteiger partial charge in [-0.25, -0.2) is 8.78 Å². The zero-order valence-electron chi connectivity index (χ0n) is 8.35. The van der Waals surface area contributed by atoms with E-state index < -0.39 is 18.0 Å². The molecule has 1 amide bonds. The number of alkyl halides is 2. The second kappa shape index (κ2) is 5.95. The molecule has 16 heavy (non-hydrogen) atoms. The fourth-order valence-electron chi connectivity index (χ4n) is 0.857. The first-order chi connectivity index (χ1) is 7.25. The molecule has 0 fully saturated rings. The molecule has 0 unspecified atom stereocenters. The lowest BCUT2D eigenvalue weighted by molar-refractivity contribution is 0.0985. The summed E-state index contributed by atoms with van der Waals surface area (Å²) in [5, 5.41) is 3.40. The first-order valence-corrected chi connectivity index (χ1v) is 4.33. The monoisotopic (exact) mass is 251 g/mol. The van der Waals surface area contributed by atoms with Gasteiger partial charge in [-0.2, -0.15) is 5.10 Å². The number of aromatic nitrogens is 2. The summed E-state index contributed by atoms with van der Waals surface area (Å²) >= 11 is 4.09. The minimum Gasteiger partial charge on any atom is -0.377 e. The molecule has 1 rings (SSSR count). The second-order valence-electron chi connectivity index (χ2n) is 2.67. The summed E-state index contributed by atoms with van der Waals surface area (Å²) in [6.07, 6.45) is -1.60. The van der Waals surface area contributed by atoms with Crippen LogP contribution in [0, 0.1) is 0 Å². The highest BCUT2D eigenvalue weighted by molar-refractivity contribution is 7.80. The molecule has 0 aliphatic rings. The van der Waals surface area contributed by atoms with Crippen molar-refractivity contribution in [3.8, 4) is 0 Å². The number of nitrogens with two attached hydrogens (primary N) is 3. The molecular weight excluding hydrogens is 240 g/mol. The van der Waals surface area contributed by atoms with Crippen LogP contribution >= 0.6 is 12.2 Å². The fourth-order valence-corrected chi connectivity index (χ4v) is 0.857. The van der Waals surface area contributed by atoms with Crippen LogP contribution in [0.25, 0.3) is 0 Å². The summed E-state index contributed by atoms with van der Waals surface area (Å²) < 4.78 is 25.4. The predicted octanol–water partition coefficient (Wildman–Crippen LogP) is -0.355. The number of thiocarbonyl (C=S) groups is 1. The molecule has 0 radical (unpaired) electrons. The average Bonchev–Trinajstić information content (AvgIpc) is 2.46. The molecule has 0 aliphatic carbocycles. The Kier molecular flexibility index (Phi) is 5.30. The largest absolute Gasteiger partial charge is 0.377 e. The lowest BCUT2D eigenvalue weighted by Gasteiger charge is -1.94. The highest BCUT2D eigenvalue weighted by atomic mass is 32.1. The Balaban J connectivity index is 0.000000487. The zero-order chi connectivity index (χ0) is 12.9. The van der Waals surface area contributed by atoms with E-state index in [2.05, 4.69) is 28.8 Å². The normalized spacial score (nSPS) is 9.50. The van der Waals surface area contributed by atoms with Gasteiger partial charge in [0.15, 0.2) is 5.11 Å². The smallest absolute Gasteiger partial charge is 0.282 e. The summed E-state index contributed by atoms with van der Waals surface area (Å²) in [7, 11) is 1.44. The molecule has 9 heteroatoms. The Morgan fingerprint density at radius 3 is 2.19 bits per heavy atom. The molecule has 90 valence electrons. The Hall–Kier alpha value is -1.77. The van der Waals surface area contributed by atoms with Gasteiger partial charge >= 0.3 is 0 Å². The average molecular weight is 251 g/mol. The molecular formula is C7H11F2N5OS. The molecule has 0 atom stereocenters. The first-order valence-electron chi connectivity index (χ1n) is 3.92. The van der Waals surface area contributed by atoms with E-state index in [1.165, 1.54) is 13.2 Å². The minimum absolute atomic E-state index is 0.000000000000000222. The predicted molar refractivity (Wildman–Crippen MR) is 57.7 cm³/mol. The van der Waals surface area contributed by atoms with E-state index in [4.69, 9.17) is 5.73 Å². The van der Waals surface area contributed by atoms with E-state index in [1.807, 2.05) is 0 Å². The number of carbonyl (C=O) groups excluding carboxylic acids is 1. The van der Waals surface area contributed by atoms with Crippen molar-refractivity contribution < 1.29 is 13.6 Å². The van der Waals surface area contributed by atoms with Crippen LogP contribution in [0.4, 0.5) is 8.78 Å². The summed E-state index contributed by atoms with van der Waals surface area (Å²) in [6.45, 7) is 0. The highest BCUT2D eigenvalue weighted by Gasteiger charge is 2.20. The van der Waals surface area contributed by atoms with Crippen LogP contribution in [0.1, 0.15) is 22.5 Å². The topological polar surface area (TPSA) is 113 Å². The number of amides is 1. The Morgan fingerprint density at radius 1 is 1.50 bits per heavy atom. The standard InChI is InChI=1S/C6H7F2N3O.CH4N2S/c1-11-2-3(6(9)12)4(10-11)5(7)8;2-1(3)4/h2,5H,1H3,(H2,9,12);(H4,2,3,4). The molecule has 1 aromatic rings. The molecule has 0 bridgehead atoms. The molecule has 0 aromatic carbocycles. The van der Waals surface area contributed by atoms with Crippen molar-refractivity contribution in [1.29, 1.82) is 0 Å². The van der Waals surface area contributed by atoms with Gasteiger partial charge in [0.25, 0.3) is 12.3 Å². The Bertz CT molecular complexity index is 388. The fraction of sp³-hybridized carbons (Fsp3) is 0.286. The van der Waals surface area contributed by atoms with E-state index in [0.717, 1.165) is 4.68 Å². The first kappa shape index (κ1) is 14.2. The van der Waals surface area contributed by atoms with Crippen molar-refractivity contribution in [2.75, 3.05) is 0 Å². The lowest BCUT2D eigenvalue weighted by Crippen LogP contribution is -2.18. The minimum atomic E-state index is -2.77. The van der Waals surface area contributed by atoms with E-state index in [0.29, 0.717) is 0 Å². The van der Waals surface area contributed by atoms with Gasteiger partial charge in [-0.1, -0.05) is 0 Å². The van der Waals surface area contributed by atoms with Crippen LogP contribution in [0.15, 0.2) is 6.20 Å². The quantitative estimate of drug-likeness (QED) is 0.621. The molecule has 6 N–H and O–H groups in total. The summed E-state index contributed by atoms with van der Waals surface area (Å²) in [4.78, 5) is 10.6. The van der Waals surface area contributed by atoms with Gasteiger partial charge in [0.05, 0.1) is 5.56 Å². The molecule has 0 saturated heterocycles. The second-order valence-corrected chi connectivity index (χ2v) is 3.14. The van der Waals surface area contributed by atoms with Gasteiger partial charge in [0.1, 0.15) is 5.69 Å². The van der Waals surface area contributed by atoms with E-state index in [9.17, 15) is 13.6 Å². The number of carbonyl (C=O) groups is 1. The van der Waals surface area contributed by atoms with Gasteiger partial charge in [0, 0.05) is 13.2 Å². The van der Waals surface area contributed by atoms with Crippen LogP contribution < -0.4 is 17.2 Å². The summed E-state index contributed by atoms with van der Waals surface area (Å²) in [5.41, 5.74) is 13.3. The lowest BCUT2D eigenvalue weighted by atomic mass is 10.2. The number of hydrogen-bond donors (Lipinski definition) is 3.